The number of amides is 1. The fraction of sp³-hybridized carbons (Fsp3) is 0.250. The van der Waals surface area contributed by atoms with Crippen LogP contribution >= 0.6 is 0 Å². The molecule has 0 aliphatic rings. The van der Waals surface area contributed by atoms with E-state index in [4.69, 9.17) is 14.9 Å². The summed E-state index contributed by atoms with van der Waals surface area (Å²) in [6.07, 6.45) is -0.623. The van der Waals surface area contributed by atoms with Gasteiger partial charge in [-0.15, -0.1) is 0 Å². The van der Waals surface area contributed by atoms with Gasteiger partial charge in [-0.1, -0.05) is 26.0 Å². The predicted octanol–water partition coefficient (Wildman–Crippen LogP) is 2.81. The van der Waals surface area contributed by atoms with E-state index in [0.29, 0.717) is 0 Å². The van der Waals surface area contributed by atoms with E-state index < -0.39 is 23.2 Å². The first-order valence-electron chi connectivity index (χ1n) is 8.87. The third-order valence-electron chi connectivity index (χ3n) is 3.85. The van der Waals surface area contributed by atoms with Crippen LogP contribution in [0.3, 0.4) is 0 Å². The van der Waals surface area contributed by atoms with Gasteiger partial charge in [0.25, 0.3) is 5.56 Å². The maximum atomic E-state index is 14.1. The average Bonchev–Trinajstić information content (AvgIpc) is 2.69. The molecule has 2 N–H and O–H groups in total. The van der Waals surface area contributed by atoms with E-state index in [1.54, 1.807) is 0 Å². The highest BCUT2D eigenvalue weighted by Crippen LogP contribution is 2.19. The molecule has 0 fully saturated rings. The number of hydrogen-bond donors (Lipinski definition) is 1. The van der Waals surface area contributed by atoms with E-state index in [0.717, 1.165) is 4.57 Å². The zero-order chi connectivity index (χ0) is 21.7. The molecule has 0 spiro atoms. The monoisotopic (exact) mass is 403 g/mol. The smallest absolute Gasteiger partial charge is 0.410 e. The van der Waals surface area contributed by atoms with E-state index in [9.17, 15) is 18.8 Å². The number of ether oxygens (including phenoxy) is 1. The second-order valence-corrected chi connectivity index (χ2v) is 6.00. The molecule has 3 rings (SSSR count). The molecule has 0 bridgehead atoms. The van der Waals surface area contributed by atoms with Crippen molar-refractivity contribution in [1.82, 2.24) is 9.47 Å². The first-order chi connectivity index (χ1) is 13.8. The molecule has 8 nitrogen and oxygen atoms in total. The van der Waals surface area contributed by atoms with E-state index in [-0.39, 0.29) is 34.5 Å². The topological polar surface area (TPSA) is 108 Å². The Morgan fingerprint density at radius 2 is 1.90 bits per heavy atom. The number of nitrogen functional groups attached to an aromatic ring is 1. The number of benzene rings is 2. The minimum absolute atomic E-state index is 0.0432. The van der Waals surface area contributed by atoms with Gasteiger partial charge in [0.1, 0.15) is 11.3 Å². The van der Waals surface area contributed by atoms with Crippen LogP contribution in [0.4, 0.5) is 14.9 Å². The predicted molar refractivity (Wildman–Crippen MR) is 108 cm³/mol. The fourth-order valence-corrected chi connectivity index (χ4v) is 2.43. The molecule has 0 aliphatic carbocycles. The van der Waals surface area contributed by atoms with Crippen molar-refractivity contribution in [2.75, 3.05) is 19.8 Å². The molecule has 0 saturated carbocycles. The number of carbonyl (C=O) groups excluding carboxylic acids is 1. The van der Waals surface area contributed by atoms with Crippen LogP contribution in [0.5, 0.6) is 5.75 Å². The van der Waals surface area contributed by atoms with Crippen molar-refractivity contribution in [2.24, 2.45) is 0 Å². The van der Waals surface area contributed by atoms with Crippen molar-refractivity contribution in [2.45, 2.75) is 20.4 Å². The van der Waals surface area contributed by atoms with Gasteiger partial charge in [-0.2, -0.15) is 0 Å². The first-order valence-corrected chi connectivity index (χ1v) is 8.87. The molecule has 3 aromatic rings. The standard InChI is InChI=1S/C18H16FN3O5.C2H6/c1-21(2)17(24)26-11-6-7-12-14(8-11)27-18(25)22(16(12)23)9-10-4-3-5-13(20)15(10)19;1-2/h3-8H,9,20H2,1-2H3;1-2H3. The molecule has 9 heteroatoms. The molecule has 1 aromatic heterocycles. The second kappa shape index (κ2) is 9.05. The van der Waals surface area contributed by atoms with Gasteiger partial charge in [0.2, 0.25) is 0 Å². The summed E-state index contributed by atoms with van der Waals surface area (Å²) in [6, 6.07) is 8.35. The molecule has 2 aromatic carbocycles. The molecule has 154 valence electrons. The van der Waals surface area contributed by atoms with Crippen LogP contribution in [-0.4, -0.2) is 29.7 Å². The number of hydrogen-bond acceptors (Lipinski definition) is 6. The van der Waals surface area contributed by atoms with E-state index in [1.165, 1.54) is 55.4 Å². The van der Waals surface area contributed by atoms with Crippen LogP contribution in [0, 0.1) is 5.82 Å². The zero-order valence-corrected chi connectivity index (χ0v) is 16.6. The van der Waals surface area contributed by atoms with Crippen molar-refractivity contribution in [3.05, 3.63) is 68.7 Å². The van der Waals surface area contributed by atoms with Gasteiger partial charge >= 0.3 is 11.8 Å². The summed E-state index contributed by atoms with van der Waals surface area (Å²) in [7, 11) is 3.02. The molecule has 1 amide bonds. The van der Waals surface area contributed by atoms with Gasteiger partial charge in [0, 0.05) is 25.7 Å². The third kappa shape index (κ3) is 4.63. The van der Waals surface area contributed by atoms with Gasteiger partial charge < -0.3 is 19.8 Å². The summed E-state index contributed by atoms with van der Waals surface area (Å²) in [5.41, 5.74) is 4.81. The molecule has 29 heavy (non-hydrogen) atoms. The lowest BCUT2D eigenvalue weighted by atomic mass is 10.2. The molecule has 0 radical (unpaired) electrons. The van der Waals surface area contributed by atoms with Crippen LogP contribution in [0.15, 0.2) is 50.4 Å². The van der Waals surface area contributed by atoms with Crippen LogP contribution in [-0.2, 0) is 6.54 Å². The number of rotatable bonds is 3. The van der Waals surface area contributed by atoms with Gasteiger partial charge in [0.05, 0.1) is 17.6 Å². The number of anilines is 1. The number of halogens is 1. The second-order valence-electron chi connectivity index (χ2n) is 6.00. The molecular weight excluding hydrogens is 381 g/mol. The minimum atomic E-state index is -0.967. The highest BCUT2D eigenvalue weighted by atomic mass is 19.1. The Morgan fingerprint density at radius 3 is 2.55 bits per heavy atom. The average molecular weight is 403 g/mol. The summed E-state index contributed by atoms with van der Waals surface area (Å²) >= 11 is 0. The molecule has 0 atom stereocenters. The number of nitrogens with zero attached hydrogens (tertiary/aromatic N) is 2. The Bertz CT molecular complexity index is 1150. The van der Waals surface area contributed by atoms with Crippen LogP contribution < -0.4 is 21.8 Å². The summed E-state index contributed by atoms with van der Waals surface area (Å²) in [5.74, 6) is -1.55. The number of nitrogens with two attached hydrogens (primary N) is 1. The summed E-state index contributed by atoms with van der Waals surface area (Å²) in [4.78, 5) is 37.7. The van der Waals surface area contributed by atoms with Crippen LogP contribution in [0.2, 0.25) is 0 Å². The number of aromatic nitrogens is 1. The summed E-state index contributed by atoms with van der Waals surface area (Å²) in [6.45, 7) is 3.67. The van der Waals surface area contributed by atoms with Gasteiger partial charge in [0.15, 0.2) is 5.82 Å². The highest BCUT2D eigenvalue weighted by Gasteiger charge is 2.15. The van der Waals surface area contributed by atoms with E-state index in [1.807, 2.05) is 13.8 Å². The first kappa shape index (κ1) is 21.7. The van der Waals surface area contributed by atoms with Crippen LogP contribution in [0.1, 0.15) is 19.4 Å². The molecule has 0 aliphatic heterocycles. The zero-order valence-electron chi connectivity index (χ0n) is 16.6. The van der Waals surface area contributed by atoms with Crippen LogP contribution in [0.25, 0.3) is 11.0 Å². The Labute approximate surface area is 165 Å². The van der Waals surface area contributed by atoms with Gasteiger partial charge in [-0.05, 0) is 18.2 Å². The van der Waals surface area contributed by atoms with Gasteiger partial charge in [-0.3, -0.25) is 4.79 Å². The number of carbonyl (C=O) groups is 1. The SMILES string of the molecule is CC.CN(C)C(=O)Oc1ccc2c(=O)n(Cc3cccc(N)c3F)c(=O)oc2c1. The Hall–Kier alpha value is -3.62. The number of fused-ring (bicyclic) bond motifs is 1. The molecule has 1 heterocycles. The fourth-order valence-electron chi connectivity index (χ4n) is 2.43. The van der Waals surface area contributed by atoms with Gasteiger partial charge in [-0.25, -0.2) is 18.5 Å². The Balaban J connectivity index is 0.00000145. The Kier molecular flexibility index (Phi) is 6.76. The summed E-state index contributed by atoms with van der Waals surface area (Å²) < 4.78 is 25.1. The lowest BCUT2D eigenvalue weighted by Gasteiger charge is -2.11. The quantitative estimate of drug-likeness (QED) is 0.674. The molecule has 0 unspecified atom stereocenters. The van der Waals surface area contributed by atoms with E-state index in [2.05, 4.69) is 0 Å². The maximum absolute atomic E-state index is 14.1. The lowest BCUT2D eigenvalue weighted by molar-refractivity contribution is 0.172. The van der Waals surface area contributed by atoms with Crippen molar-refractivity contribution in [1.29, 1.82) is 0 Å². The third-order valence-corrected chi connectivity index (χ3v) is 3.85. The van der Waals surface area contributed by atoms with Crippen molar-refractivity contribution < 1.29 is 18.3 Å². The Morgan fingerprint density at radius 1 is 1.21 bits per heavy atom. The van der Waals surface area contributed by atoms with Crippen molar-refractivity contribution in [3.8, 4) is 5.75 Å². The highest BCUT2D eigenvalue weighted by molar-refractivity contribution is 5.78. The molecule has 0 saturated heterocycles. The lowest BCUT2D eigenvalue weighted by Crippen LogP contribution is -2.33. The normalized spacial score (nSPS) is 10.2. The molecular formula is C20H22FN3O5. The maximum Gasteiger partial charge on any atom is 0.422 e. The largest absolute Gasteiger partial charge is 0.422 e. The van der Waals surface area contributed by atoms with Crippen molar-refractivity contribution >= 4 is 22.7 Å². The van der Waals surface area contributed by atoms with E-state index >= 15 is 0 Å². The van der Waals surface area contributed by atoms with Crippen molar-refractivity contribution in [3.63, 3.8) is 0 Å². The summed E-state index contributed by atoms with van der Waals surface area (Å²) in [5, 5.41) is 0.0866. The minimum Gasteiger partial charge on any atom is -0.410 e.